The highest BCUT2D eigenvalue weighted by atomic mass is 79.9. The summed E-state index contributed by atoms with van der Waals surface area (Å²) in [4.78, 5) is 11.2. The number of carbonyl (C=O) groups excluding carboxylic acids is 1. The predicted molar refractivity (Wildman–Crippen MR) is 67.4 cm³/mol. The minimum absolute atomic E-state index is 0.216. The average Bonchev–Trinajstić information content (AvgIpc) is 2.30. The average molecular weight is 279 g/mol. The van der Waals surface area contributed by atoms with Gasteiger partial charge in [0.05, 0.1) is 13.5 Å². The Morgan fingerprint density at radius 2 is 2.12 bits per heavy atom. The Labute approximate surface area is 102 Å². The SMILES string of the molecule is COC(=O)Cc1ccc2cccc(Br)c2c1. The fourth-order valence-electron chi connectivity index (χ4n) is 1.63. The van der Waals surface area contributed by atoms with Crippen molar-refractivity contribution in [2.75, 3.05) is 7.11 Å². The van der Waals surface area contributed by atoms with Crippen LogP contribution in [-0.2, 0) is 16.0 Å². The van der Waals surface area contributed by atoms with E-state index in [0.717, 1.165) is 20.8 Å². The van der Waals surface area contributed by atoms with E-state index in [1.165, 1.54) is 7.11 Å². The molecule has 82 valence electrons. The summed E-state index contributed by atoms with van der Waals surface area (Å²) >= 11 is 3.50. The molecule has 0 saturated carbocycles. The molecule has 2 rings (SSSR count). The molecule has 2 nitrogen and oxygen atoms in total. The van der Waals surface area contributed by atoms with Crippen LogP contribution in [0, 0.1) is 0 Å². The van der Waals surface area contributed by atoms with E-state index >= 15 is 0 Å². The predicted octanol–water partition coefficient (Wildman–Crippen LogP) is 3.32. The fraction of sp³-hybridized carbons (Fsp3) is 0.154. The van der Waals surface area contributed by atoms with Crippen LogP contribution in [0.4, 0.5) is 0 Å². The van der Waals surface area contributed by atoms with Gasteiger partial charge in [-0.05, 0) is 28.5 Å². The molecule has 16 heavy (non-hydrogen) atoms. The van der Waals surface area contributed by atoms with Gasteiger partial charge >= 0.3 is 5.97 Å². The van der Waals surface area contributed by atoms with Crippen molar-refractivity contribution < 1.29 is 9.53 Å². The van der Waals surface area contributed by atoms with Gasteiger partial charge in [-0.25, -0.2) is 0 Å². The van der Waals surface area contributed by atoms with Gasteiger partial charge in [-0.15, -0.1) is 0 Å². The molecule has 2 aromatic carbocycles. The third-order valence-electron chi connectivity index (χ3n) is 2.47. The summed E-state index contributed by atoms with van der Waals surface area (Å²) in [6.07, 6.45) is 0.313. The van der Waals surface area contributed by atoms with Crippen LogP contribution in [0.15, 0.2) is 40.9 Å². The smallest absolute Gasteiger partial charge is 0.309 e. The van der Waals surface area contributed by atoms with Gasteiger partial charge in [0.15, 0.2) is 0 Å². The van der Waals surface area contributed by atoms with Crippen LogP contribution < -0.4 is 0 Å². The van der Waals surface area contributed by atoms with E-state index in [1.54, 1.807) is 0 Å². The van der Waals surface area contributed by atoms with Crippen LogP contribution >= 0.6 is 15.9 Å². The van der Waals surface area contributed by atoms with Gasteiger partial charge in [-0.3, -0.25) is 4.79 Å². The van der Waals surface area contributed by atoms with Gasteiger partial charge in [0.1, 0.15) is 0 Å². The summed E-state index contributed by atoms with van der Waals surface area (Å²) in [5.74, 6) is -0.216. The van der Waals surface area contributed by atoms with E-state index in [-0.39, 0.29) is 5.97 Å². The number of halogens is 1. The Morgan fingerprint density at radius 3 is 2.88 bits per heavy atom. The number of rotatable bonds is 2. The van der Waals surface area contributed by atoms with Crippen LogP contribution in [0.3, 0.4) is 0 Å². The normalized spacial score (nSPS) is 10.4. The summed E-state index contributed by atoms with van der Waals surface area (Å²) in [6.45, 7) is 0. The molecule has 0 saturated heterocycles. The van der Waals surface area contributed by atoms with E-state index < -0.39 is 0 Å². The number of ether oxygens (including phenoxy) is 1. The first-order valence-corrected chi connectivity index (χ1v) is 5.74. The minimum atomic E-state index is -0.216. The van der Waals surface area contributed by atoms with Gasteiger partial charge in [0.2, 0.25) is 0 Å². The highest BCUT2D eigenvalue weighted by molar-refractivity contribution is 9.10. The van der Waals surface area contributed by atoms with Crippen molar-refractivity contribution in [3.05, 3.63) is 46.4 Å². The summed E-state index contributed by atoms with van der Waals surface area (Å²) in [5, 5.41) is 2.27. The van der Waals surface area contributed by atoms with Gasteiger partial charge in [0, 0.05) is 4.47 Å². The van der Waals surface area contributed by atoms with Crippen molar-refractivity contribution in [2.24, 2.45) is 0 Å². The molecule has 0 aliphatic heterocycles. The number of fused-ring (bicyclic) bond motifs is 1. The third kappa shape index (κ3) is 2.25. The van der Waals surface area contributed by atoms with Crippen molar-refractivity contribution in [3.8, 4) is 0 Å². The second-order valence-corrected chi connectivity index (χ2v) is 4.40. The van der Waals surface area contributed by atoms with Crippen LogP contribution in [0.25, 0.3) is 10.8 Å². The molecule has 0 N–H and O–H groups in total. The maximum atomic E-state index is 11.2. The summed E-state index contributed by atoms with van der Waals surface area (Å²) < 4.78 is 5.68. The molecular formula is C13H11BrO2. The molecule has 3 heteroatoms. The van der Waals surface area contributed by atoms with E-state index in [1.807, 2.05) is 36.4 Å². The first-order chi connectivity index (χ1) is 7.70. The minimum Gasteiger partial charge on any atom is -0.469 e. The second-order valence-electron chi connectivity index (χ2n) is 3.55. The first-order valence-electron chi connectivity index (χ1n) is 4.94. The molecule has 0 heterocycles. The van der Waals surface area contributed by atoms with Crippen molar-refractivity contribution in [1.29, 1.82) is 0 Å². The first kappa shape index (κ1) is 11.1. The lowest BCUT2D eigenvalue weighted by atomic mass is 10.1. The van der Waals surface area contributed by atoms with Crippen LogP contribution in [0.5, 0.6) is 0 Å². The Bertz CT molecular complexity index is 534. The number of hydrogen-bond donors (Lipinski definition) is 0. The quantitative estimate of drug-likeness (QED) is 0.788. The molecule has 0 radical (unpaired) electrons. The van der Waals surface area contributed by atoms with E-state index in [4.69, 9.17) is 0 Å². The molecule has 0 fully saturated rings. The monoisotopic (exact) mass is 278 g/mol. The van der Waals surface area contributed by atoms with Crippen molar-refractivity contribution in [3.63, 3.8) is 0 Å². The van der Waals surface area contributed by atoms with Crippen LogP contribution in [-0.4, -0.2) is 13.1 Å². The Morgan fingerprint density at radius 1 is 1.31 bits per heavy atom. The lowest BCUT2D eigenvalue weighted by Gasteiger charge is -2.04. The maximum Gasteiger partial charge on any atom is 0.309 e. The zero-order valence-electron chi connectivity index (χ0n) is 8.87. The Hall–Kier alpha value is -1.35. The third-order valence-corrected chi connectivity index (χ3v) is 3.16. The second kappa shape index (κ2) is 4.66. The number of esters is 1. The van der Waals surface area contributed by atoms with Gasteiger partial charge in [-0.2, -0.15) is 0 Å². The molecule has 0 atom stereocenters. The highest BCUT2D eigenvalue weighted by Crippen LogP contribution is 2.24. The van der Waals surface area contributed by atoms with E-state index in [0.29, 0.717) is 6.42 Å². The fourth-order valence-corrected chi connectivity index (χ4v) is 2.13. The molecular weight excluding hydrogens is 268 g/mol. The summed E-state index contributed by atoms with van der Waals surface area (Å²) in [7, 11) is 1.40. The number of hydrogen-bond acceptors (Lipinski definition) is 2. The lowest BCUT2D eigenvalue weighted by Crippen LogP contribution is -2.04. The molecule has 0 spiro atoms. The lowest BCUT2D eigenvalue weighted by molar-refractivity contribution is -0.139. The molecule has 0 aliphatic rings. The highest BCUT2D eigenvalue weighted by Gasteiger charge is 2.04. The number of carbonyl (C=O) groups is 1. The molecule has 0 aliphatic carbocycles. The van der Waals surface area contributed by atoms with Crippen molar-refractivity contribution in [2.45, 2.75) is 6.42 Å². The van der Waals surface area contributed by atoms with Gasteiger partial charge < -0.3 is 4.74 Å². The van der Waals surface area contributed by atoms with Crippen molar-refractivity contribution in [1.82, 2.24) is 0 Å². The number of methoxy groups -OCH3 is 1. The molecule has 0 amide bonds. The standard InChI is InChI=1S/C13H11BrO2/c1-16-13(15)8-9-5-6-10-3-2-4-12(14)11(10)7-9/h2-7H,8H2,1H3. The molecule has 2 aromatic rings. The molecule has 0 unspecified atom stereocenters. The zero-order valence-corrected chi connectivity index (χ0v) is 10.5. The number of benzene rings is 2. The Kier molecular flexibility index (Phi) is 3.25. The molecule has 0 aromatic heterocycles. The van der Waals surface area contributed by atoms with Crippen LogP contribution in [0.2, 0.25) is 0 Å². The summed E-state index contributed by atoms with van der Waals surface area (Å²) in [5.41, 5.74) is 0.964. The maximum absolute atomic E-state index is 11.2. The van der Waals surface area contributed by atoms with E-state index in [9.17, 15) is 4.79 Å². The summed E-state index contributed by atoms with van der Waals surface area (Å²) in [6, 6.07) is 12.0. The van der Waals surface area contributed by atoms with Gasteiger partial charge in [-0.1, -0.05) is 40.2 Å². The zero-order chi connectivity index (χ0) is 11.5. The van der Waals surface area contributed by atoms with Crippen molar-refractivity contribution >= 4 is 32.7 Å². The van der Waals surface area contributed by atoms with Crippen LogP contribution in [0.1, 0.15) is 5.56 Å². The van der Waals surface area contributed by atoms with Gasteiger partial charge in [0.25, 0.3) is 0 Å². The Balaban J connectivity index is 2.43. The van der Waals surface area contributed by atoms with E-state index in [2.05, 4.69) is 20.7 Å². The molecule has 0 bridgehead atoms. The largest absolute Gasteiger partial charge is 0.469 e. The topological polar surface area (TPSA) is 26.3 Å².